The second-order valence-electron chi connectivity index (χ2n) is 3.21. The molecule has 1 heterocycles. The van der Waals surface area contributed by atoms with Crippen LogP contribution in [0.2, 0.25) is 0 Å². The van der Waals surface area contributed by atoms with Gasteiger partial charge in [-0.2, -0.15) is 0 Å². The zero-order valence-corrected chi connectivity index (χ0v) is 9.25. The third-order valence-electron chi connectivity index (χ3n) is 1.94. The van der Waals surface area contributed by atoms with Gasteiger partial charge in [-0.1, -0.05) is 23.5 Å². The van der Waals surface area contributed by atoms with E-state index in [0.29, 0.717) is 11.7 Å². The first-order valence-corrected chi connectivity index (χ1v) is 5.55. The van der Waals surface area contributed by atoms with E-state index >= 15 is 0 Å². The first-order valence-electron chi connectivity index (χ1n) is 4.67. The molecular formula is C11H12N2OS. The van der Waals surface area contributed by atoms with E-state index in [-0.39, 0.29) is 0 Å². The van der Waals surface area contributed by atoms with Gasteiger partial charge in [-0.3, -0.25) is 0 Å². The number of benzene rings is 1. The van der Waals surface area contributed by atoms with Crippen molar-refractivity contribution in [3.63, 3.8) is 0 Å². The minimum Gasteiger partial charge on any atom is -0.431 e. The summed E-state index contributed by atoms with van der Waals surface area (Å²) in [6, 6.07) is 7.73. The smallest absolute Gasteiger partial charge is 0.278 e. The summed E-state index contributed by atoms with van der Waals surface area (Å²) in [5, 5.41) is 2.63. The summed E-state index contributed by atoms with van der Waals surface area (Å²) in [5.41, 5.74) is 7.58. The van der Waals surface area contributed by atoms with Crippen LogP contribution in [0, 0.1) is 6.92 Å². The molecule has 0 atom stereocenters. The van der Waals surface area contributed by atoms with Crippen LogP contribution in [0.5, 0.6) is 10.9 Å². The van der Waals surface area contributed by atoms with Crippen molar-refractivity contribution in [3.8, 4) is 10.9 Å². The lowest BCUT2D eigenvalue weighted by molar-refractivity contribution is 0.477. The van der Waals surface area contributed by atoms with Crippen molar-refractivity contribution in [2.75, 3.05) is 0 Å². The number of nitrogens with zero attached hydrogens (tertiary/aromatic N) is 1. The Balaban J connectivity index is 2.16. The minimum absolute atomic E-state index is 0.522. The maximum absolute atomic E-state index is 5.59. The van der Waals surface area contributed by atoms with E-state index in [1.54, 1.807) is 0 Å². The molecule has 78 valence electrons. The Bertz CT molecular complexity index is 453. The van der Waals surface area contributed by atoms with Crippen molar-refractivity contribution in [1.82, 2.24) is 4.98 Å². The van der Waals surface area contributed by atoms with Gasteiger partial charge in [0, 0.05) is 11.9 Å². The minimum atomic E-state index is 0.522. The zero-order valence-electron chi connectivity index (χ0n) is 8.43. The van der Waals surface area contributed by atoms with Crippen LogP contribution < -0.4 is 10.5 Å². The maximum Gasteiger partial charge on any atom is 0.278 e. The molecule has 0 aliphatic carbocycles. The van der Waals surface area contributed by atoms with E-state index in [4.69, 9.17) is 10.5 Å². The molecule has 0 unspecified atom stereocenters. The first-order chi connectivity index (χ1) is 7.28. The Morgan fingerprint density at radius 3 is 3.00 bits per heavy atom. The summed E-state index contributed by atoms with van der Waals surface area (Å²) < 4.78 is 5.59. The number of thiazole rings is 1. The molecule has 15 heavy (non-hydrogen) atoms. The summed E-state index contributed by atoms with van der Waals surface area (Å²) in [6.45, 7) is 2.47. The molecule has 3 nitrogen and oxygen atoms in total. The molecule has 0 aliphatic rings. The monoisotopic (exact) mass is 220 g/mol. The molecule has 4 heteroatoms. The molecule has 0 bridgehead atoms. The first kappa shape index (κ1) is 10.1. The number of ether oxygens (including phenoxy) is 1. The number of nitrogens with two attached hydrogens (primary N) is 1. The third-order valence-corrected chi connectivity index (χ3v) is 2.77. The summed E-state index contributed by atoms with van der Waals surface area (Å²) in [5.74, 6) is 0.785. The van der Waals surface area contributed by atoms with Crippen LogP contribution >= 0.6 is 11.3 Å². The number of hydrogen-bond donors (Lipinski definition) is 1. The van der Waals surface area contributed by atoms with Crippen LogP contribution in [0.3, 0.4) is 0 Å². The second kappa shape index (κ2) is 4.42. The number of hydrogen-bond acceptors (Lipinski definition) is 4. The largest absolute Gasteiger partial charge is 0.431 e. The Kier molecular flexibility index (Phi) is 2.99. The van der Waals surface area contributed by atoms with Crippen molar-refractivity contribution in [2.24, 2.45) is 5.73 Å². The molecule has 2 N–H and O–H groups in total. The Hall–Kier alpha value is -1.39. The maximum atomic E-state index is 5.59. The van der Waals surface area contributed by atoms with Gasteiger partial charge in [0.1, 0.15) is 5.75 Å². The molecule has 1 aromatic carbocycles. The quantitative estimate of drug-likeness (QED) is 0.865. The van der Waals surface area contributed by atoms with Gasteiger partial charge >= 0.3 is 0 Å². The van der Waals surface area contributed by atoms with Gasteiger partial charge in [-0.25, -0.2) is 4.98 Å². The number of aromatic nitrogens is 1. The molecule has 1 aromatic heterocycles. The summed E-state index contributed by atoms with van der Waals surface area (Å²) in [4.78, 5) is 4.23. The van der Waals surface area contributed by atoms with Crippen LogP contribution in [-0.2, 0) is 6.54 Å². The molecular weight excluding hydrogens is 208 g/mol. The molecule has 0 amide bonds. The molecule has 2 aromatic rings. The normalized spacial score (nSPS) is 10.3. The summed E-state index contributed by atoms with van der Waals surface area (Å²) in [6.07, 6.45) is 0. The molecule has 2 rings (SSSR count). The highest BCUT2D eigenvalue weighted by atomic mass is 32.1. The lowest BCUT2D eigenvalue weighted by Gasteiger charge is -2.02. The highest BCUT2D eigenvalue weighted by molar-refractivity contribution is 7.11. The molecule has 0 aliphatic heterocycles. The Morgan fingerprint density at radius 2 is 2.33 bits per heavy atom. The van der Waals surface area contributed by atoms with E-state index in [2.05, 4.69) is 4.98 Å². The van der Waals surface area contributed by atoms with E-state index in [1.165, 1.54) is 11.3 Å². The fraction of sp³-hybridized carbons (Fsp3) is 0.182. The highest BCUT2D eigenvalue weighted by Crippen LogP contribution is 2.25. The van der Waals surface area contributed by atoms with E-state index in [0.717, 1.165) is 17.0 Å². The fourth-order valence-corrected chi connectivity index (χ4v) is 1.88. The van der Waals surface area contributed by atoms with Gasteiger partial charge in [0.2, 0.25) is 0 Å². The van der Waals surface area contributed by atoms with Gasteiger partial charge in [-0.05, 0) is 24.6 Å². The number of rotatable bonds is 3. The number of aryl methyl sites for hydroxylation is 1. The standard InChI is InChI=1S/C11H12N2OS/c1-8-7-15-11(13-8)14-10-4-2-3-9(5-10)6-12/h2-5,7H,6,12H2,1H3. The van der Waals surface area contributed by atoms with Crippen molar-refractivity contribution in [3.05, 3.63) is 40.9 Å². The summed E-state index contributed by atoms with van der Waals surface area (Å²) in [7, 11) is 0. The van der Waals surface area contributed by atoms with E-state index < -0.39 is 0 Å². The molecule has 0 saturated carbocycles. The average molecular weight is 220 g/mol. The van der Waals surface area contributed by atoms with Crippen molar-refractivity contribution in [1.29, 1.82) is 0 Å². The molecule has 0 fully saturated rings. The van der Waals surface area contributed by atoms with Crippen LogP contribution in [0.15, 0.2) is 29.6 Å². The highest BCUT2D eigenvalue weighted by Gasteiger charge is 2.01. The van der Waals surface area contributed by atoms with Gasteiger partial charge in [0.15, 0.2) is 0 Å². The predicted octanol–water partition coefficient (Wildman–Crippen LogP) is 2.70. The second-order valence-corrected chi connectivity index (χ2v) is 4.03. The third kappa shape index (κ3) is 2.55. The van der Waals surface area contributed by atoms with Crippen molar-refractivity contribution >= 4 is 11.3 Å². The molecule has 0 spiro atoms. The topological polar surface area (TPSA) is 48.1 Å². The van der Waals surface area contributed by atoms with Crippen molar-refractivity contribution in [2.45, 2.75) is 13.5 Å². The van der Waals surface area contributed by atoms with E-state index in [9.17, 15) is 0 Å². The molecule has 0 saturated heterocycles. The Labute approximate surface area is 92.5 Å². The van der Waals surface area contributed by atoms with Crippen LogP contribution in [0.25, 0.3) is 0 Å². The average Bonchev–Trinajstić information content (AvgIpc) is 2.64. The van der Waals surface area contributed by atoms with Gasteiger partial charge < -0.3 is 10.5 Å². The van der Waals surface area contributed by atoms with Gasteiger partial charge in [0.05, 0.1) is 5.69 Å². The molecule has 0 radical (unpaired) electrons. The van der Waals surface area contributed by atoms with Crippen molar-refractivity contribution < 1.29 is 4.74 Å². The van der Waals surface area contributed by atoms with Crippen LogP contribution in [-0.4, -0.2) is 4.98 Å². The predicted molar refractivity (Wildman–Crippen MR) is 61.3 cm³/mol. The Morgan fingerprint density at radius 1 is 1.47 bits per heavy atom. The van der Waals surface area contributed by atoms with Crippen LogP contribution in [0.4, 0.5) is 0 Å². The summed E-state index contributed by atoms with van der Waals surface area (Å²) >= 11 is 1.49. The van der Waals surface area contributed by atoms with E-state index in [1.807, 2.05) is 36.6 Å². The lowest BCUT2D eigenvalue weighted by Crippen LogP contribution is -1.95. The zero-order chi connectivity index (χ0) is 10.7. The lowest BCUT2D eigenvalue weighted by atomic mass is 10.2. The van der Waals surface area contributed by atoms with Gasteiger partial charge in [-0.15, -0.1) is 0 Å². The SMILES string of the molecule is Cc1csc(Oc2cccc(CN)c2)n1. The van der Waals surface area contributed by atoms with Crippen LogP contribution in [0.1, 0.15) is 11.3 Å². The fourth-order valence-electron chi connectivity index (χ4n) is 1.22. The van der Waals surface area contributed by atoms with Gasteiger partial charge in [0.25, 0.3) is 5.19 Å².